The Bertz CT molecular complexity index is 1080. The van der Waals surface area contributed by atoms with E-state index in [1.807, 2.05) is 12.1 Å². The zero-order valence-corrected chi connectivity index (χ0v) is 18.4. The molecule has 4 rings (SSSR count). The number of likely N-dealkylation sites (N-methyl/N-ethyl adjacent to an activating group) is 1. The summed E-state index contributed by atoms with van der Waals surface area (Å²) in [6, 6.07) is 7.29. The summed E-state index contributed by atoms with van der Waals surface area (Å²) in [4.78, 5) is 22.8. The largest absolute Gasteiger partial charge is 0.394 e. The molecule has 29 heavy (non-hydrogen) atoms. The van der Waals surface area contributed by atoms with Gasteiger partial charge in [-0.2, -0.15) is 0 Å². The van der Waals surface area contributed by atoms with E-state index in [-0.39, 0.29) is 12.2 Å². The molecule has 1 N–H and O–H groups in total. The average Bonchev–Trinajstić information content (AvgIpc) is 3.05. The second-order valence-electron chi connectivity index (χ2n) is 6.87. The first kappa shape index (κ1) is 20.8. The van der Waals surface area contributed by atoms with Gasteiger partial charge in [-0.15, -0.1) is 11.3 Å². The van der Waals surface area contributed by atoms with E-state index >= 15 is 0 Å². The van der Waals surface area contributed by atoms with E-state index in [0.717, 1.165) is 35.3 Å². The number of aliphatic hydroxyl groups is 1. The minimum atomic E-state index is -0.0434. The topological polar surface area (TPSA) is 67.6 Å². The highest BCUT2D eigenvalue weighted by atomic mass is 35.5. The molecule has 0 saturated heterocycles. The molecule has 3 heterocycles. The Morgan fingerprint density at radius 1 is 1.38 bits per heavy atom. The fourth-order valence-electron chi connectivity index (χ4n) is 3.45. The van der Waals surface area contributed by atoms with Gasteiger partial charge in [-0.25, -0.2) is 4.98 Å². The van der Waals surface area contributed by atoms with Gasteiger partial charge >= 0.3 is 0 Å². The number of hydrogen-bond donors (Lipinski definition) is 1. The minimum Gasteiger partial charge on any atom is -0.394 e. The molecule has 0 unspecified atom stereocenters. The van der Waals surface area contributed by atoms with Crippen molar-refractivity contribution in [3.05, 3.63) is 50.1 Å². The second kappa shape index (κ2) is 9.16. The van der Waals surface area contributed by atoms with E-state index in [4.69, 9.17) is 26.4 Å². The standard InChI is InChI=1S/C20H22ClN3O3S2/c1-23-6-5-15-16(12-23)29-18-17(15)19(26)24(14-4-2-3-13(21)11-14)20(22-18)28-10-9-27-8-7-25/h2-4,11,25H,5-10,12H2,1H3. The van der Waals surface area contributed by atoms with Gasteiger partial charge in [0.25, 0.3) is 5.56 Å². The van der Waals surface area contributed by atoms with E-state index in [1.165, 1.54) is 16.6 Å². The fourth-order valence-corrected chi connectivity index (χ4v) is 5.84. The van der Waals surface area contributed by atoms with Crippen LogP contribution in [-0.4, -0.2) is 58.7 Å². The first-order valence-electron chi connectivity index (χ1n) is 9.41. The molecule has 0 saturated carbocycles. The Balaban J connectivity index is 1.81. The van der Waals surface area contributed by atoms with Crippen LogP contribution in [0.4, 0.5) is 0 Å². The molecule has 0 spiro atoms. The van der Waals surface area contributed by atoms with Gasteiger partial charge in [-0.3, -0.25) is 9.36 Å². The van der Waals surface area contributed by atoms with E-state index in [0.29, 0.717) is 34.8 Å². The molecule has 1 aliphatic rings. The number of ether oxygens (including phenoxy) is 1. The summed E-state index contributed by atoms with van der Waals surface area (Å²) in [5.41, 5.74) is 1.81. The number of thiophene rings is 1. The highest BCUT2D eigenvalue weighted by Crippen LogP contribution is 2.34. The maximum absolute atomic E-state index is 13.6. The molecule has 9 heteroatoms. The van der Waals surface area contributed by atoms with Crippen LogP contribution < -0.4 is 5.56 Å². The van der Waals surface area contributed by atoms with Crippen LogP contribution in [-0.2, 0) is 17.7 Å². The van der Waals surface area contributed by atoms with Crippen LogP contribution in [0.25, 0.3) is 15.9 Å². The molecule has 2 aromatic heterocycles. The summed E-state index contributed by atoms with van der Waals surface area (Å²) in [5, 5.41) is 10.8. The number of rotatable bonds is 7. The predicted octanol–water partition coefficient (Wildman–Crippen LogP) is 3.19. The first-order valence-corrected chi connectivity index (χ1v) is 11.6. The summed E-state index contributed by atoms with van der Waals surface area (Å²) in [7, 11) is 2.10. The van der Waals surface area contributed by atoms with Gasteiger partial charge in [-0.05, 0) is 37.2 Å². The molecule has 154 valence electrons. The van der Waals surface area contributed by atoms with Gasteiger partial charge in [0.15, 0.2) is 5.16 Å². The molecule has 3 aromatic rings. The Labute approximate surface area is 182 Å². The molecule has 0 amide bonds. The quantitative estimate of drug-likeness (QED) is 0.338. The van der Waals surface area contributed by atoms with Crippen molar-refractivity contribution in [2.75, 3.05) is 39.2 Å². The number of benzene rings is 1. The van der Waals surface area contributed by atoms with Crippen molar-refractivity contribution in [1.29, 1.82) is 0 Å². The first-order chi connectivity index (χ1) is 14.1. The van der Waals surface area contributed by atoms with Crippen molar-refractivity contribution < 1.29 is 9.84 Å². The molecule has 0 aliphatic carbocycles. The summed E-state index contributed by atoms with van der Waals surface area (Å²) in [5.74, 6) is 0.631. The highest BCUT2D eigenvalue weighted by Gasteiger charge is 2.24. The Kier molecular flexibility index (Phi) is 6.58. The smallest absolute Gasteiger partial charge is 0.267 e. The zero-order valence-electron chi connectivity index (χ0n) is 16.1. The number of nitrogens with zero attached hydrogens (tertiary/aromatic N) is 3. The number of aliphatic hydroxyl groups excluding tert-OH is 1. The summed E-state index contributed by atoms with van der Waals surface area (Å²) >= 11 is 9.29. The number of hydrogen-bond acceptors (Lipinski definition) is 7. The van der Waals surface area contributed by atoms with Crippen molar-refractivity contribution in [2.45, 2.75) is 18.1 Å². The number of halogens is 1. The van der Waals surface area contributed by atoms with Gasteiger partial charge < -0.3 is 14.7 Å². The molecule has 6 nitrogen and oxygen atoms in total. The van der Waals surface area contributed by atoms with Crippen LogP contribution in [0.2, 0.25) is 5.02 Å². The number of fused-ring (bicyclic) bond motifs is 3. The van der Waals surface area contributed by atoms with Crippen molar-refractivity contribution in [2.24, 2.45) is 0 Å². The van der Waals surface area contributed by atoms with Crippen molar-refractivity contribution in [1.82, 2.24) is 14.5 Å². The minimum absolute atomic E-state index is 0.00268. The van der Waals surface area contributed by atoms with Crippen LogP contribution in [0.3, 0.4) is 0 Å². The highest BCUT2D eigenvalue weighted by molar-refractivity contribution is 7.99. The maximum atomic E-state index is 13.6. The monoisotopic (exact) mass is 451 g/mol. The van der Waals surface area contributed by atoms with Crippen LogP contribution in [0, 0.1) is 0 Å². The molecule has 1 aromatic carbocycles. The summed E-state index contributed by atoms with van der Waals surface area (Å²) in [6.45, 7) is 2.57. The predicted molar refractivity (Wildman–Crippen MR) is 119 cm³/mol. The maximum Gasteiger partial charge on any atom is 0.267 e. The van der Waals surface area contributed by atoms with Gasteiger partial charge in [0.1, 0.15) is 4.83 Å². The third kappa shape index (κ3) is 4.38. The molecular formula is C20H22ClN3O3S2. The van der Waals surface area contributed by atoms with Crippen LogP contribution >= 0.6 is 34.7 Å². The SMILES string of the molecule is CN1CCc2c(sc3nc(SCCOCCO)n(-c4cccc(Cl)c4)c(=O)c23)C1. The molecule has 0 fully saturated rings. The third-order valence-corrected chi connectivity index (χ3v) is 7.04. The van der Waals surface area contributed by atoms with Crippen molar-refractivity contribution in [3.8, 4) is 5.69 Å². The van der Waals surface area contributed by atoms with Gasteiger partial charge in [0, 0.05) is 28.7 Å². The Morgan fingerprint density at radius 3 is 3.03 bits per heavy atom. The van der Waals surface area contributed by atoms with E-state index in [2.05, 4.69) is 11.9 Å². The van der Waals surface area contributed by atoms with E-state index < -0.39 is 0 Å². The van der Waals surface area contributed by atoms with E-state index in [9.17, 15) is 4.79 Å². The number of thioether (sulfide) groups is 1. The molecular weight excluding hydrogens is 430 g/mol. The normalized spacial score (nSPS) is 14.4. The summed E-state index contributed by atoms with van der Waals surface area (Å²) < 4.78 is 7.02. The lowest BCUT2D eigenvalue weighted by atomic mass is 10.1. The Morgan fingerprint density at radius 2 is 2.24 bits per heavy atom. The molecule has 0 atom stereocenters. The lowest BCUT2D eigenvalue weighted by Gasteiger charge is -2.21. The zero-order chi connectivity index (χ0) is 20.4. The fraction of sp³-hybridized carbons (Fsp3) is 0.400. The van der Waals surface area contributed by atoms with Gasteiger partial charge in [0.2, 0.25) is 0 Å². The number of aromatic nitrogens is 2. The lowest BCUT2D eigenvalue weighted by Crippen LogP contribution is -2.27. The van der Waals surface area contributed by atoms with E-state index in [1.54, 1.807) is 28.0 Å². The van der Waals surface area contributed by atoms with Crippen LogP contribution in [0.1, 0.15) is 10.4 Å². The van der Waals surface area contributed by atoms with Crippen molar-refractivity contribution >= 4 is 44.9 Å². The van der Waals surface area contributed by atoms with Crippen LogP contribution in [0.15, 0.2) is 34.2 Å². The van der Waals surface area contributed by atoms with Gasteiger partial charge in [-0.1, -0.05) is 29.4 Å². The average molecular weight is 452 g/mol. The molecule has 1 aliphatic heterocycles. The molecule has 0 bridgehead atoms. The summed E-state index contributed by atoms with van der Waals surface area (Å²) in [6.07, 6.45) is 0.861. The lowest BCUT2D eigenvalue weighted by molar-refractivity contribution is 0.103. The molecule has 0 radical (unpaired) electrons. The third-order valence-electron chi connectivity index (χ3n) is 4.80. The van der Waals surface area contributed by atoms with Crippen LogP contribution in [0.5, 0.6) is 0 Å². The second-order valence-corrected chi connectivity index (χ2v) is 9.45. The Hall–Kier alpha value is -1.42. The van der Waals surface area contributed by atoms with Crippen molar-refractivity contribution in [3.63, 3.8) is 0 Å². The van der Waals surface area contributed by atoms with Gasteiger partial charge in [0.05, 0.1) is 30.9 Å².